The molecule has 1 fully saturated rings. The van der Waals surface area contributed by atoms with Gasteiger partial charge in [-0.3, -0.25) is 4.98 Å². The molecule has 0 bridgehead atoms. The molecule has 0 aromatic carbocycles. The molecule has 0 amide bonds. The van der Waals surface area contributed by atoms with E-state index in [0.717, 1.165) is 50.6 Å². The van der Waals surface area contributed by atoms with Gasteiger partial charge in [0.15, 0.2) is 0 Å². The lowest BCUT2D eigenvalue weighted by Crippen LogP contribution is -2.46. The highest BCUT2D eigenvalue weighted by Crippen LogP contribution is 2.43. The Morgan fingerprint density at radius 1 is 1.37 bits per heavy atom. The van der Waals surface area contributed by atoms with Crippen molar-refractivity contribution in [2.75, 3.05) is 7.11 Å². The van der Waals surface area contributed by atoms with Crippen LogP contribution in [0, 0.1) is 0 Å². The highest BCUT2D eigenvalue weighted by molar-refractivity contribution is 5.28. The van der Waals surface area contributed by atoms with E-state index in [9.17, 15) is 5.11 Å². The molecule has 0 spiro atoms. The number of hydrogen-bond donors (Lipinski definition) is 1. The van der Waals surface area contributed by atoms with Gasteiger partial charge < -0.3 is 9.84 Å². The van der Waals surface area contributed by atoms with Gasteiger partial charge in [-0.25, -0.2) is 0 Å². The standard InChI is InChI=1S/C16H23NO2/c1-19-16(9-2-3-10-16)15(18)13-8-4-6-12-7-5-11-17-14(12)13/h5,7,11,13,15,18H,2-4,6,8-10H2,1H3. The second kappa shape index (κ2) is 5.22. The zero-order valence-corrected chi connectivity index (χ0v) is 11.6. The zero-order valence-electron chi connectivity index (χ0n) is 11.6. The molecule has 1 aromatic heterocycles. The summed E-state index contributed by atoms with van der Waals surface area (Å²) in [5, 5.41) is 10.9. The monoisotopic (exact) mass is 261 g/mol. The highest BCUT2D eigenvalue weighted by Gasteiger charge is 2.46. The summed E-state index contributed by atoms with van der Waals surface area (Å²) in [6, 6.07) is 4.14. The van der Waals surface area contributed by atoms with E-state index in [4.69, 9.17) is 4.74 Å². The van der Waals surface area contributed by atoms with Crippen LogP contribution < -0.4 is 0 Å². The lowest BCUT2D eigenvalue weighted by molar-refractivity contribution is -0.110. The Balaban J connectivity index is 1.90. The van der Waals surface area contributed by atoms with Crippen LogP contribution in [-0.2, 0) is 11.2 Å². The maximum atomic E-state index is 10.9. The fraction of sp³-hybridized carbons (Fsp3) is 0.688. The number of fused-ring (bicyclic) bond motifs is 1. The van der Waals surface area contributed by atoms with Gasteiger partial charge >= 0.3 is 0 Å². The predicted octanol–water partition coefficient (Wildman–Crippen LogP) is 2.82. The second-order valence-electron chi connectivity index (χ2n) is 5.97. The molecule has 1 N–H and O–H groups in total. The van der Waals surface area contributed by atoms with Crippen LogP contribution in [0.1, 0.15) is 55.7 Å². The Hall–Kier alpha value is -0.930. The molecule has 2 unspecified atom stereocenters. The van der Waals surface area contributed by atoms with Gasteiger partial charge in [0, 0.05) is 24.9 Å². The average Bonchev–Trinajstić information content (AvgIpc) is 2.96. The van der Waals surface area contributed by atoms with E-state index in [1.807, 2.05) is 12.3 Å². The summed E-state index contributed by atoms with van der Waals surface area (Å²) in [4.78, 5) is 4.54. The number of aromatic nitrogens is 1. The molecule has 2 atom stereocenters. The van der Waals surface area contributed by atoms with Gasteiger partial charge in [0.2, 0.25) is 0 Å². The number of nitrogens with zero attached hydrogens (tertiary/aromatic N) is 1. The summed E-state index contributed by atoms with van der Waals surface area (Å²) in [6.07, 6.45) is 8.95. The van der Waals surface area contributed by atoms with E-state index >= 15 is 0 Å². The molecule has 2 aliphatic rings. The Morgan fingerprint density at radius 3 is 2.89 bits per heavy atom. The molecular weight excluding hydrogens is 238 g/mol. The Morgan fingerprint density at radius 2 is 2.16 bits per heavy atom. The fourth-order valence-electron chi connectivity index (χ4n) is 3.91. The minimum Gasteiger partial charge on any atom is -0.389 e. The minimum absolute atomic E-state index is 0.142. The Bertz CT molecular complexity index is 440. The molecule has 1 saturated carbocycles. The van der Waals surface area contributed by atoms with Crippen molar-refractivity contribution in [3.8, 4) is 0 Å². The molecule has 3 rings (SSSR count). The number of aryl methyl sites for hydroxylation is 1. The fourth-order valence-corrected chi connectivity index (χ4v) is 3.91. The first-order chi connectivity index (χ1) is 9.27. The summed E-state index contributed by atoms with van der Waals surface area (Å²) in [5.74, 6) is 0.142. The van der Waals surface area contributed by atoms with Gasteiger partial charge in [0.05, 0.1) is 11.7 Å². The number of pyridine rings is 1. The third-order valence-corrected chi connectivity index (χ3v) is 5.02. The zero-order chi connectivity index (χ0) is 13.3. The lowest BCUT2D eigenvalue weighted by atomic mass is 9.76. The Kier molecular flexibility index (Phi) is 3.59. The van der Waals surface area contributed by atoms with Gasteiger partial charge in [-0.05, 0) is 43.7 Å². The molecule has 0 radical (unpaired) electrons. The van der Waals surface area contributed by atoms with E-state index in [1.54, 1.807) is 7.11 Å². The maximum absolute atomic E-state index is 10.9. The normalized spacial score (nSPS) is 26.9. The summed E-state index contributed by atoms with van der Waals surface area (Å²) in [7, 11) is 1.75. The molecule has 1 heterocycles. The van der Waals surface area contributed by atoms with Crippen LogP contribution in [0.3, 0.4) is 0 Å². The first kappa shape index (κ1) is 13.1. The van der Waals surface area contributed by atoms with Crippen LogP contribution in [0.4, 0.5) is 0 Å². The quantitative estimate of drug-likeness (QED) is 0.909. The Labute approximate surface area is 115 Å². The average molecular weight is 261 g/mol. The largest absolute Gasteiger partial charge is 0.389 e. The molecule has 0 saturated heterocycles. The SMILES string of the molecule is COC1(C(O)C2CCCc3cccnc32)CCCC1. The first-order valence-corrected chi connectivity index (χ1v) is 7.44. The lowest BCUT2D eigenvalue weighted by Gasteiger charge is -2.39. The molecule has 1 aromatic rings. The van der Waals surface area contributed by atoms with Crippen molar-refractivity contribution in [1.82, 2.24) is 4.98 Å². The van der Waals surface area contributed by atoms with Gasteiger partial charge in [0.25, 0.3) is 0 Å². The number of aliphatic hydroxyl groups excluding tert-OH is 1. The van der Waals surface area contributed by atoms with Crippen LogP contribution in [0.5, 0.6) is 0 Å². The van der Waals surface area contributed by atoms with Crippen molar-refractivity contribution in [2.45, 2.75) is 62.6 Å². The number of aliphatic hydroxyl groups is 1. The maximum Gasteiger partial charge on any atom is 0.0943 e. The predicted molar refractivity (Wildman–Crippen MR) is 74.1 cm³/mol. The van der Waals surface area contributed by atoms with E-state index in [1.165, 1.54) is 5.56 Å². The van der Waals surface area contributed by atoms with Crippen LogP contribution in [-0.4, -0.2) is 28.9 Å². The molecular formula is C16H23NO2. The molecule has 0 aliphatic heterocycles. The van der Waals surface area contributed by atoms with Crippen molar-refractivity contribution in [3.63, 3.8) is 0 Å². The van der Waals surface area contributed by atoms with Gasteiger partial charge in [-0.1, -0.05) is 18.9 Å². The van der Waals surface area contributed by atoms with Crippen molar-refractivity contribution in [2.24, 2.45) is 0 Å². The summed E-state index contributed by atoms with van der Waals surface area (Å²) in [5.41, 5.74) is 2.07. The summed E-state index contributed by atoms with van der Waals surface area (Å²) in [6.45, 7) is 0. The smallest absolute Gasteiger partial charge is 0.0943 e. The number of ether oxygens (including phenoxy) is 1. The molecule has 19 heavy (non-hydrogen) atoms. The number of hydrogen-bond acceptors (Lipinski definition) is 3. The van der Waals surface area contributed by atoms with Gasteiger partial charge in [-0.2, -0.15) is 0 Å². The van der Waals surface area contributed by atoms with E-state index in [0.29, 0.717) is 0 Å². The number of methoxy groups -OCH3 is 1. The van der Waals surface area contributed by atoms with E-state index < -0.39 is 6.10 Å². The minimum atomic E-state index is -0.422. The molecule has 104 valence electrons. The van der Waals surface area contributed by atoms with Crippen molar-refractivity contribution >= 4 is 0 Å². The third-order valence-electron chi connectivity index (χ3n) is 5.02. The van der Waals surface area contributed by atoms with Crippen LogP contribution >= 0.6 is 0 Å². The second-order valence-corrected chi connectivity index (χ2v) is 5.97. The molecule has 3 nitrogen and oxygen atoms in total. The number of rotatable bonds is 3. The van der Waals surface area contributed by atoms with Gasteiger partial charge in [0.1, 0.15) is 0 Å². The van der Waals surface area contributed by atoms with Crippen molar-refractivity contribution < 1.29 is 9.84 Å². The van der Waals surface area contributed by atoms with Crippen LogP contribution in [0.25, 0.3) is 0 Å². The van der Waals surface area contributed by atoms with Crippen LogP contribution in [0.15, 0.2) is 18.3 Å². The summed E-state index contributed by atoms with van der Waals surface area (Å²) >= 11 is 0. The van der Waals surface area contributed by atoms with E-state index in [-0.39, 0.29) is 11.5 Å². The third kappa shape index (κ3) is 2.19. The highest BCUT2D eigenvalue weighted by atomic mass is 16.5. The molecule has 3 heteroatoms. The topological polar surface area (TPSA) is 42.4 Å². The van der Waals surface area contributed by atoms with Gasteiger partial charge in [-0.15, -0.1) is 0 Å². The summed E-state index contributed by atoms with van der Waals surface area (Å²) < 4.78 is 5.75. The van der Waals surface area contributed by atoms with Crippen molar-refractivity contribution in [3.05, 3.63) is 29.6 Å². The first-order valence-electron chi connectivity index (χ1n) is 7.44. The van der Waals surface area contributed by atoms with Crippen molar-refractivity contribution in [1.29, 1.82) is 0 Å². The molecule has 2 aliphatic carbocycles. The van der Waals surface area contributed by atoms with E-state index in [2.05, 4.69) is 11.1 Å². The van der Waals surface area contributed by atoms with Crippen LogP contribution in [0.2, 0.25) is 0 Å².